The molecular formula is C35H24N6O2S. The molecule has 9 heteroatoms. The maximum Gasteiger partial charge on any atom is 0.269 e. The van der Waals surface area contributed by atoms with E-state index in [1.165, 1.54) is 23.5 Å². The van der Waals surface area contributed by atoms with E-state index in [1.54, 1.807) is 12.1 Å². The molecular weight excluding hydrogens is 568 g/mol. The van der Waals surface area contributed by atoms with Gasteiger partial charge in [-0.2, -0.15) is 15.2 Å². The van der Waals surface area contributed by atoms with E-state index in [-0.39, 0.29) is 5.69 Å². The molecule has 0 radical (unpaired) electrons. The van der Waals surface area contributed by atoms with E-state index >= 15 is 0 Å². The topological polar surface area (TPSA) is 91.1 Å². The van der Waals surface area contributed by atoms with E-state index in [9.17, 15) is 10.1 Å². The summed E-state index contributed by atoms with van der Waals surface area (Å²) in [4.78, 5) is 17.0. The Morgan fingerprint density at radius 3 is 1.68 bits per heavy atom. The van der Waals surface area contributed by atoms with E-state index < -0.39 is 4.92 Å². The number of non-ortho nitro benzene ring substituents is 1. The zero-order valence-electron chi connectivity index (χ0n) is 23.3. The first kappa shape index (κ1) is 26.9. The maximum absolute atomic E-state index is 11.5. The highest BCUT2D eigenvalue weighted by atomic mass is 32.1. The van der Waals surface area contributed by atoms with Crippen molar-refractivity contribution in [3.05, 3.63) is 161 Å². The first-order valence-corrected chi connectivity index (χ1v) is 14.7. The molecule has 0 spiro atoms. The molecule has 0 amide bonds. The molecule has 0 aliphatic heterocycles. The summed E-state index contributed by atoms with van der Waals surface area (Å²) < 4.78 is 3.67. The second-order valence-electron chi connectivity index (χ2n) is 9.88. The van der Waals surface area contributed by atoms with Gasteiger partial charge in [0.25, 0.3) is 5.69 Å². The second kappa shape index (κ2) is 11.7. The predicted molar refractivity (Wildman–Crippen MR) is 173 cm³/mol. The van der Waals surface area contributed by atoms with Crippen molar-refractivity contribution in [2.45, 2.75) is 0 Å². The Balaban J connectivity index is 1.56. The van der Waals surface area contributed by atoms with Gasteiger partial charge in [-0.05, 0) is 42.0 Å². The lowest BCUT2D eigenvalue weighted by Crippen LogP contribution is -2.14. The minimum absolute atomic E-state index is 0.0147. The van der Waals surface area contributed by atoms with Gasteiger partial charge in [0.05, 0.1) is 21.9 Å². The third-order valence-corrected chi connectivity index (χ3v) is 8.02. The highest BCUT2D eigenvalue weighted by Crippen LogP contribution is 2.41. The van der Waals surface area contributed by atoms with Gasteiger partial charge in [-0.1, -0.05) is 108 Å². The highest BCUT2D eigenvalue weighted by molar-refractivity contribution is 7.12. The Bertz CT molecular complexity index is 2120. The molecule has 2 heterocycles. The van der Waals surface area contributed by atoms with Gasteiger partial charge in [0, 0.05) is 23.3 Å². The average molecular weight is 593 g/mol. The van der Waals surface area contributed by atoms with Crippen molar-refractivity contribution in [2.24, 2.45) is 4.99 Å². The first-order chi connectivity index (χ1) is 21.7. The Labute approximate surface area is 256 Å². The van der Waals surface area contributed by atoms with Crippen molar-refractivity contribution in [3.8, 4) is 44.3 Å². The van der Waals surface area contributed by atoms with Crippen LogP contribution in [0.4, 0.5) is 11.5 Å². The molecule has 0 fully saturated rings. The van der Waals surface area contributed by atoms with E-state index in [0.717, 1.165) is 38.6 Å². The Morgan fingerprint density at radius 2 is 1.11 bits per heavy atom. The summed E-state index contributed by atoms with van der Waals surface area (Å²) in [7, 11) is 0. The van der Waals surface area contributed by atoms with Crippen LogP contribution in [0.1, 0.15) is 0 Å². The summed E-state index contributed by atoms with van der Waals surface area (Å²) in [5, 5.41) is 22.4. The smallest absolute Gasteiger partial charge is 0.258 e. The largest absolute Gasteiger partial charge is 0.269 e. The van der Waals surface area contributed by atoms with Crippen molar-refractivity contribution >= 4 is 22.8 Å². The number of benzene rings is 5. The second-order valence-corrected chi connectivity index (χ2v) is 10.8. The zero-order chi connectivity index (χ0) is 29.9. The van der Waals surface area contributed by atoms with Crippen LogP contribution in [0.3, 0.4) is 0 Å². The maximum atomic E-state index is 11.5. The SMILES string of the molecule is O=[N+]([O-])c1ccc(-c2c(-c3ccccc3)nn(-c3ccccc3)c2N=c2sc(-c3ccccc3)nn2-c2ccccc2)cc1. The molecule has 0 saturated carbocycles. The van der Waals surface area contributed by atoms with Crippen LogP contribution in [0.5, 0.6) is 0 Å². The molecule has 0 aliphatic rings. The van der Waals surface area contributed by atoms with Crippen LogP contribution in [-0.4, -0.2) is 24.5 Å². The van der Waals surface area contributed by atoms with Crippen molar-refractivity contribution in [2.75, 3.05) is 0 Å². The van der Waals surface area contributed by atoms with Gasteiger partial charge in [0.2, 0.25) is 4.80 Å². The minimum Gasteiger partial charge on any atom is -0.258 e. The lowest BCUT2D eigenvalue weighted by molar-refractivity contribution is -0.384. The van der Waals surface area contributed by atoms with Gasteiger partial charge < -0.3 is 0 Å². The third kappa shape index (κ3) is 5.23. The number of nitrogens with zero attached hydrogens (tertiary/aromatic N) is 6. The van der Waals surface area contributed by atoms with Crippen molar-refractivity contribution in [3.63, 3.8) is 0 Å². The van der Waals surface area contributed by atoms with Gasteiger partial charge in [0.15, 0.2) is 5.82 Å². The molecule has 0 aliphatic carbocycles. The van der Waals surface area contributed by atoms with Gasteiger partial charge in [0.1, 0.15) is 10.7 Å². The zero-order valence-corrected chi connectivity index (χ0v) is 24.1. The van der Waals surface area contributed by atoms with Crippen LogP contribution in [0.2, 0.25) is 0 Å². The molecule has 0 bridgehead atoms. The fourth-order valence-electron chi connectivity index (χ4n) is 4.95. The monoisotopic (exact) mass is 592 g/mol. The van der Waals surface area contributed by atoms with Gasteiger partial charge in [-0.15, -0.1) is 0 Å². The molecule has 44 heavy (non-hydrogen) atoms. The normalized spacial score (nSPS) is 11.5. The van der Waals surface area contributed by atoms with Crippen molar-refractivity contribution < 1.29 is 4.92 Å². The van der Waals surface area contributed by atoms with Crippen LogP contribution in [0.15, 0.2) is 151 Å². The lowest BCUT2D eigenvalue weighted by Gasteiger charge is -2.07. The Morgan fingerprint density at radius 1 is 0.591 bits per heavy atom. The minimum atomic E-state index is -0.397. The Hall–Kier alpha value is -5.93. The molecule has 0 atom stereocenters. The molecule has 7 rings (SSSR count). The summed E-state index contributed by atoms with van der Waals surface area (Å²) in [6.45, 7) is 0. The lowest BCUT2D eigenvalue weighted by atomic mass is 10.0. The third-order valence-electron chi connectivity index (χ3n) is 7.06. The standard InChI is InChI=1S/C35H24N6O2S/c42-41(43)30-23-21-25(22-24-30)31-32(26-13-5-1-6-14-26)37-39(28-17-9-3-10-18-28)33(31)36-35-40(29-19-11-4-12-20-29)38-34(44-35)27-15-7-2-8-16-27/h1-24H. The molecule has 0 saturated heterocycles. The van der Waals surface area contributed by atoms with Crippen molar-refractivity contribution in [1.29, 1.82) is 0 Å². The van der Waals surface area contributed by atoms with Gasteiger partial charge in [-0.3, -0.25) is 10.1 Å². The molecule has 7 aromatic rings. The fraction of sp³-hybridized carbons (Fsp3) is 0. The van der Waals surface area contributed by atoms with Gasteiger partial charge >= 0.3 is 0 Å². The van der Waals surface area contributed by atoms with Gasteiger partial charge in [-0.25, -0.2) is 9.36 Å². The van der Waals surface area contributed by atoms with Crippen LogP contribution in [0.25, 0.3) is 44.3 Å². The summed E-state index contributed by atoms with van der Waals surface area (Å²) in [6, 6.07) is 46.2. The van der Waals surface area contributed by atoms with Crippen LogP contribution >= 0.6 is 11.3 Å². The first-order valence-electron chi connectivity index (χ1n) is 13.9. The van der Waals surface area contributed by atoms with E-state index in [0.29, 0.717) is 16.3 Å². The molecule has 2 aromatic heterocycles. The molecule has 5 aromatic carbocycles. The van der Waals surface area contributed by atoms with E-state index in [1.807, 2.05) is 131 Å². The quantitative estimate of drug-likeness (QED) is 0.138. The number of hydrogen-bond donors (Lipinski definition) is 0. The summed E-state index contributed by atoms with van der Waals surface area (Å²) in [5.74, 6) is 0.580. The van der Waals surface area contributed by atoms with E-state index in [4.69, 9.17) is 15.2 Å². The molecule has 0 N–H and O–H groups in total. The number of para-hydroxylation sites is 2. The van der Waals surface area contributed by atoms with Crippen LogP contribution < -0.4 is 4.80 Å². The molecule has 8 nitrogen and oxygen atoms in total. The summed E-state index contributed by atoms with van der Waals surface area (Å²) in [6.07, 6.45) is 0. The van der Waals surface area contributed by atoms with Crippen molar-refractivity contribution in [1.82, 2.24) is 19.6 Å². The summed E-state index contributed by atoms with van der Waals surface area (Å²) in [5.41, 5.74) is 5.82. The number of aromatic nitrogens is 4. The highest BCUT2D eigenvalue weighted by Gasteiger charge is 2.23. The average Bonchev–Trinajstić information content (AvgIpc) is 3.69. The number of nitro benzene ring substituents is 1. The molecule has 212 valence electrons. The summed E-state index contributed by atoms with van der Waals surface area (Å²) >= 11 is 1.48. The van der Waals surface area contributed by atoms with Crippen LogP contribution in [-0.2, 0) is 0 Å². The van der Waals surface area contributed by atoms with Crippen LogP contribution in [0, 0.1) is 10.1 Å². The number of nitro groups is 1. The molecule has 0 unspecified atom stereocenters. The Kier molecular flexibility index (Phi) is 7.19. The predicted octanol–water partition coefficient (Wildman–Crippen LogP) is 8.26. The van der Waals surface area contributed by atoms with E-state index in [2.05, 4.69) is 0 Å². The number of hydrogen-bond acceptors (Lipinski definition) is 6. The fourth-order valence-corrected chi connectivity index (χ4v) is 5.87. The number of rotatable bonds is 7.